The Bertz CT molecular complexity index is 475. The van der Waals surface area contributed by atoms with Gasteiger partial charge in [-0.25, -0.2) is 4.39 Å². The van der Waals surface area contributed by atoms with E-state index >= 15 is 0 Å². The van der Waals surface area contributed by atoms with Gasteiger partial charge in [0.2, 0.25) is 0 Å². The van der Waals surface area contributed by atoms with E-state index in [1.54, 1.807) is 12.2 Å². The normalized spacial score (nSPS) is 12.9. The molecule has 0 aromatic heterocycles. The summed E-state index contributed by atoms with van der Waals surface area (Å²) in [4.78, 5) is 11.1. The molecule has 4 nitrogen and oxygen atoms in total. The number of nitrogens with one attached hydrogen (secondary N) is 1. The van der Waals surface area contributed by atoms with E-state index in [4.69, 9.17) is 10.5 Å². The molecule has 8 heteroatoms. The number of ether oxygens (including phenoxy) is 1. The van der Waals surface area contributed by atoms with Crippen LogP contribution in [0.25, 0.3) is 0 Å². The molecule has 0 radical (unpaired) electrons. The Morgan fingerprint density at radius 3 is 2.60 bits per heavy atom. The lowest BCUT2D eigenvalue weighted by molar-refractivity contribution is -0.139. The monoisotopic (exact) mass is 294 g/mol. The van der Waals surface area contributed by atoms with Crippen molar-refractivity contribution in [2.75, 3.05) is 13.2 Å². The number of alkyl halides is 3. The quantitative estimate of drug-likeness (QED) is 0.815. The SMILES string of the molecule is C[C@H](N)c1ccc(OCC(=O)NCC(F)(F)F)cc1F. The van der Waals surface area contributed by atoms with Crippen LogP contribution in [0.3, 0.4) is 0 Å². The lowest BCUT2D eigenvalue weighted by Gasteiger charge is -2.11. The summed E-state index contributed by atoms with van der Waals surface area (Å²) < 4.78 is 53.9. The highest BCUT2D eigenvalue weighted by Crippen LogP contribution is 2.20. The van der Waals surface area contributed by atoms with Crippen LogP contribution in [0.15, 0.2) is 18.2 Å². The molecule has 1 aromatic carbocycles. The maximum atomic E-state index is 13.5. The smallest absolute Gasteiger partial charge is 0.405 e. The number of amides is 1. The zero-order valence-electron chi connectivity index (χ0n) is 10.6. The number of carbonyl (C=O) groups excluding carboxylic acids is 1. The van der Waals surface area contributed by atoms with Gasteiger partial charge in [-0.3, -0.25) is 4.79 Å². The lowest BCUT2D eigenvalue weighted by Crippen LogP contribution is -2.36. The Morgan fingerprint density at radius 1 is 1.45 bits per heavy atom. The van der Waals surface area contributed by atoms with Crippen molar-refractivity contribution in [2.24, 2.45) is 5.73 Å². The fourth-order valence-corrected chi connectivity index (χ4v) is 1.37. The third-order valence-corrected chi connectivity index (χ3v) is 2.32. The minimum Gasteiger partial charge on any atom is -0.484 e. The molecule has 0 saturated carbocycles. The second kappa shape index (κ2) is 6.56. The van der Waals surface area contributed by atoms with E-state index in [0.29, 0.717) is 0 Å². The van der Waals surface area contributed by atoms with E-state index in [1.807, 2.05) is 0 Å². The molecule has 1 rings (SSSR count). The lowest BCUT2D eigenvalue weighted by atomic mass is 10.1. The van der Waals surface area contributed by atoms with Crippen molar-refractivity contribution < 1.29 is 27.1 Å². The van der Waals surface area contributed by atoms with E-state index in [9.17, 15) is 22.4 Å². The summed E-state index contributed by atoms with van der Waals surface area (Å²) in [5.41, 5.74) is 5.79. The summed E-state index contributed by atoms with van der Waals surface area (Å²) in [5.74, 6) is -1.51. The van der Waals surface area contributed by atoms with Gasteiger partial charge in [-0.15, -0.1) is 0 Å². The van der Waals surface area contributed by atoms with Gasteiger partial charge in [0, 0.05) is 17.7 Å². The molecular weight excluding hydrogens is 280 g/mol. The number of halogens is 4. The van der Waals surface area contributed by atoms with Crippen molar-refractivity contribution in [1.82, 2.24) is 5.32 Å². The van der Waals surface area contributed by atoms with Crippen molar-refractivity contribution in [1.29, 1.82) is 0 Å². The van der Waals surface area contributed by atoms with Crippen LogP contribution in [0.5, 0.6) is 5.75 Å². The summed E-state index contributed by atoms with van der Waals surface area (Å²) in [5, 5.41) is 1.63. The van der Waals surface area contributed by atoms with Crippen LogP contribution in [-0.2, 0) is 4.79 Å². The Kier molecular flexibility index (Phi) is 5.32. The molecule has 3 N–H and O–H groups in total. The van der Waals surface area contributed by atoms with Crippen LogP contribution in [0.4, 0.5) is 17.6 Å². The fourth-order valence-electron chi connectivity index (χ4n) is 1.37. The second-order valence-electron chi connectivity index (χ2n) is 4.15. The van der Waals surface area contributed by atoms with Crippen molar-refractivity contribution >= 4 is 5.91 Å². The average molecular weight is 294 g/mol. The van der Waals surface area contributed by atoms with Gasteiger partial charge in [0.25, 0.3) is 5.91 Å². The molecule has 0 spiro atoms. The number of carbonyl (C=O) groups is 1. The molecule has 0 aliphatic heterocycles. The number of hydrogen-bond acceptors (Lipinski definition) is 3. The predicted octanol–water partition coefficient (Wildman–Crippen LogP) is 1.90. The first-order valence-corrected chi connectivity index (χ1v) is 5.70. The van der Waals surface area contributed by atoms with Crippen molar-refractivity contribution in [3.05, 3.63) is 29.6 Å². The van der Waals surface area contributed by atoms with E-state index in [2.05, 4.69) is 0 Å². The summed E-state index contributed by atoms with van der Waals surface area (Å²) in [6, 6.07) is 3.30. The van der Waals surface area contributed by atoms with Gasteiger partial charge in [0.05, 0.1) is 0 Å². The van der Waals surface area contributed by atoms with Gasteiger partial charge < -0.3 is 15.8 Å². The number of nitrogens with two attached hydrogens (primary N) is 1. The Morgan fingerprint density at radius 2 is 2.10 bits per heavy atom. The maximum absolute atomic E-state index is 13.5. The Hall–Kier alpha value is -1.83. The molecule has 1 aromatic rings. The van der Waals surface area contributed by atoms with Crippen LogP contribution < -0.4 is 15.8 Å². The molecule has 0 bridgehead atoms. The first-order chi connectivity index (χ1) is 9.19. The van der Waals surface area contributed by atoms with Crippen molar-refractivity contribution in [3.63, 3.8) is 0 Å². The standard InChI is InChI=1S/C12H14F4N2O2/c1-7(17)9-3-2-8(4-10(9)13)20-5-11(19)18-6-12(14,15)16/h2-4,7H,5-6,17H2,1H3,(H,18,19)/t7-/m0/s1. The minimum atomic E-state index is -4.49. The first kappa shape index (κ1) is 16.2. The molecule has 0 aliphatic carbocycles. The molecule has 0 unspecified atom stereocenters. The second-order valence-corrected chi connectivity index (χ2v) is 4.15. The van der Waals surface area contributed by atoms with Gasteiger partial charge in [-0.2, -0.15) is 13.2 Å². The maximum Gasteiger partial charge on any atom is 0.405 e. The van der Waals surface area contributed by atoms with E-state index in [0.717, 1.165) is 6.07 Å². The van der Waals surface area contributed by atoms with Gasteiger partial charge in [0.15, 0.2) is 6.61 Å². The highest BCUT2D eigenvalue weighted by molar-refractivity contribution is 5.77. The average Bonchev–Trinajstić information content (AvgIpc) is 2.32. The number of benzene rings is 1. The summed E-state index contributed by atoms with van der Waals surface area (Å²) in [7, 11) is 0. The Balaban J connectivity index is 2.50. The minimum absolute atomic E-state index is 0.0362. The Labute approximate surface area is 112 Å². The molecule has 112 valence electrons. The predicted molar refractivity (Wildman–Crippen MR) is 63.6 cm³/mol. The van der Waals surface area contributed by atoms with Gasteiger partial charge >= 0.3 is 6.18 Å². The van der Waals surface area contributed by atoms with Crippen molar-refractivity contribution in [2.45, 2.75) is 19.1 Å². The van der Waals surface area contributed by atoms with E-state index in [1.165, 1.54) is 12.1 Å². The van der Waals surface area contributed by atoms with Gasteiger partial charge in [-0.05, 0) is 13.0 Å². The molecular formula is C12H14F4N2O2. The van der Waals surface area contributed by atoms with E-state index in [-0.39, 0.29) is 11.3 Å². The van der Waals surface area contributed by atoms with Gasteiger partial charge in [-0.1, -0.05) is 6.07 Å². The highest BCUT2D eigenvalue weighted by Gasteiger charge is 2.27. The molecule has 0 fully saturated rings. The molecule has 0 heterocycles. The third kappa shape index (κ3) is 5.43. The van der Waals surface area contributed by atoms with Gasteiger partial charge in [0.1, 0.15) is 18.1 Å². The third-order valence-electron chi connectivity index (χ3n) is 2.32. The molecule has 0 saturated heterocycles. The number of hydrogen-bond donors (Lipinski definition) is 2. The zero-order chi connectivity index (χ0) is 15.3. The summed E-state index contributed by atoms with van der Waals surface area (Å²) in [6.45, 7) is -0.468. The topological polar surface area (TPSA) is 64.3 Å². The first-order valence-electron chi connectivity index (χ1n) is 5.70. The summed E-state index contributed by atoms with van der Waals surface area (Å²) in [6.07, 6.45) is -4.49. The van der Waals surface area contributed by atoms with E-state index < -0.39 is 37.1 Å². The highest BCUT2D eigenvalue weighted by atomic mass is 19.4. The van der Waals surface area contributed by atoms with Crippen LogP contribution in [0.1, 0.15) is 18.5 Å². The van der Waals surface area contributed by atoms with Crippen LogP contribution in [-0.4, -0.2) is 25.2 Å². The van der Waals surface area contributed by atoms with Crippen LogP contribution in [0.2, 0.25) is 0 Å². The summed E-state index contributed by atoms with van der Waals surface area (Å²) >= 11 is 0. The fraction of sp³-hybridized carbons (Fsp3) is 0.417. The molecule has 1 atom stereocenters. The largest absolute Gasteiger partial charge is 0.484 e. The molecule has 1 amide bonds. The van der Waals surface area contributed by atoms with Crippen LogP contribution in [0, 0.1) is 5.82 Å². The van der Waals surface area contributed by atoms with Crippen molar-refractivity contribution in [3.8, 4) is 5.75 Å². The van der Waals surface area contributed by atoms with Crippen LogP contribution >= 0.6 is 0 Å². The molecule has 20 heavy (non-hydrogen) atoms. The number of rotatable bonds is 5. The molecule has 0 aliphatic rings. The zero-order valence-corrected chi connectivity index (χ0v) is 10.6.